The highest BCUT2D eigenvalue weighted by molar-refractivity contribution is 5.98. The fraction of sp³-hybridized carbons (Fsp3) is 0.391. The zero-order valence-electron chi connectivity index (χ0n) is 16.6. The summed E-state index contributed by atoms with van der Waals surface area (Å²) in [5.41, 5.74) is 1.80. The van der Waals surface area contributed by atoms with E-state index in [4.69, 9.17) is 9.47 Å². The van der Waals surface area contributed by atoms with Crippen molar-refractivity contribution in [1.29, 1.82) is 0 Å². The fourth-order valence-electron chi connectivity index (χ4n) is 3.96. The molecule has 6 nitrogen and oxygen atoms in total. The third-order valence-corrected chi connectivity index (χ3v) is 5.65. The van der Waals surface area contributed by atoms with E-state index in [9.17, 15) is 9.59 Å². The molecule has 0 spiro atoms. The third-order valence-electron chi connectivity index (χ3n) is 5.65. The zero-order valence-corrected chi connectivity index (χ0v) is 16.6. The molecule has 29 heavy (non-hydrogen) atoms. The molecule has 1 fully saturated rings. The van der Waals surface area contributed by atoms with Gasteiger partial charge in [0.1, 0.15) is 6.04 Å². The number of rotatable bonds is 5. The van der Waals surface area contributed by atoms with Gasteiger partial charge in [0.2, 0.25) is 12.7 Å². The topological polar surface area (TPSA) is 67.9 Å². The lowest BCUT2D eigenvalue weighted by Crippen LogP contribution is -2.49. The minimum absolute atomic E-state index is 0.0303. The lowest BCUT2D eigenvalue weighted by molar-refractivity contribution is -0.134. The van der Waals surface area contributed by atoms with Crippen molar-refractivity contribution in [3.8, 4) is 11.5 Å². The van der Waals surface area contributed by atoms with Gasteiger partial charge in [-0.15, -0.1) is 0 Å². The lowest BCUT2D eigenvalue weighted by Gasteiger charge is -2.33. The van der Waals surface area contributed by atoms with E-state index in [0.717, 1.165) is 32.4 Å². The van der Waals surface area contributed by atoms with Crippen molar-refractivity contribution in [3.05, 3.63) is 59.7 Å². The van der Waals surface area contributed by atoms with E-state index in [1.165, 1.54) is 5.56 Å². The van der Waals surface area contributed by atoms with Gasteiger partial charge in [-0.3, -0.25) is 9.59 Å². The summed E-state index contributed by atoms with van der Waals surface area (Å²) in [5, 5.41) is 2.81. The fourth-order valence-corrected chi connectivity index (χ4v) is 3.96. The second-order valence-corrected chi connectivity index (χ2v) is 7.72. The Labute approximate surface area is 170 Å². The van der Waals surface area contributed by atoms with Crippen molar-refractivity contribution in [2.75, 3.05) is 19.9 Å². The molecule has 0 saturated carbocycles. The van der Waals surface area contributed by atoms with Crippen LogP contribution in [0.5, 0.6) is 11.5 Å². The maximum atomic E-state index is 12.8. The molecule has 1 N–H and O–H groups in total. The van der Waals surface area contributed by atoms with Crippen molar-refractivity contribution >= 4 is 11.8 Å². The molecule has 0 unspecified atom stereocenters. The minimum atomic E-state index is -0.571. The molecule has 2 heterocycles. The summed E-state index contributed by atoms with van der Waals surface area (Å²) in [4.78, 5) is 27.2. The highest BCUT2D eigenvalue weighted by Gasteiger charge is 2.27. The van der Waals surface area contributed by atoms with Crippen molar-refractivity contribution < 1.29 is 19.1 Å². The first-order valence-corrected chi connectivity index (χ1v) is 10.1. The molecule has 152 valence electrons. The van der Waals surface area contributed by atoms with Crippen LogP contribution in [-0.4, -0.2) is 42.6 Å². The second kappa shape index (κ2) is 8.55. The van der Waals surface area contributed by atoms with Crippen LogP contribution in [0.2, 0.25) is 0 Å². The van der Waals surface area contributed by atoms with E-state index in [1.807, 2.05) is 11.0 Å². The van der Waals surface area contributed by atoms with Crippen LogP contribution in [0.15, 0.2) is 48.5 Å². The van der Waals surface area contributed by atoms with Gasteiger partial charge in [0.25, 0.3) is 5.91 Å². The van der Waals surface area contributed by atoms with Gasteiger partial charge in [-0.05, 0) is 55.9 Å². The Hall–Kier alpha value is -3.02. The van der Waals surface area contributed by atoms with E-state index in [0.29, 0.717) is 23.0 Å². The third kappa shape index (κ3) is 4.53. The van der Waals surface area contributed by atoms with Crippen molar-refractivity contribution in [3.63, 3.8) is 0 Å². The molecule has 0 aliphatic carbocycles. The van der Waals surface area contributed by atoms with Crippen LogP contribution in [0, 0.1) is 5.92 Å². The van der Waals surface area contributed by atoms with Crippen molar-refractivity contribution in [2.24, 2.45) is 5.92 Å². The number of amides is 2. The molecular formula is C23H26N2O4. The van der Waals surface area contributed by atoms with Crippen LogP contribution in [0.1, 0.15) is 35.7 Å². The average molecular weight is 394 g/mol. The van der Waals surface area contributed by atoms with E-state index < -0.39 is 6.04 Å². The number of nitrogens with one attached hydrogen (secondary N) is 1. The van der Waals surface area contributed by atoms with Crippen molar-refractivity contribution in [1.82, 2.24) is 10.2 Å². The van der Waals surface area contributed by atoms with Gasteiger partial charge < -0.3 is 19.7 Å². The Morgan fingerprint density at radius 2 is 1.79 bits per heavy atom. The predicted octanol–water partition coefficient (Wildman–Crippen LogP) is 3.01. The predicted molar refractivity (Wildman–Crippen MR) is 109 cm³/mol. The number of fused-ring (bicyclic) bond motifs is 1. The molecule has 1 atom stereocenters. The summed E-state index contributed by atoms with van der Waals surface area (Å²) < 4.78 is 10.6. The number of likely N-dealkylation sites (tertiary alicyclic amines) is 1. The summed E-state index contributed by atoms with van der Waals surface area (Å²) in [5.74, 6) is 1.46. The standard InChI is InChI=1S/C23H26N2O4/c1-16(24-22(26)19-7-8-20-21(14-19)29-15-28-20)23(27)25-11-9-18(10-12-25)13-17-5-3-2-4-6-17/h2-8,14,16,18H,9-13,15H2,1H3,(H,24,26)/t16-/m0/s1. The maximum absolute atomic E-state index is 12.8. The Bertz CT molecular complexity index is 876. The highest BCUT2D eigenvalue weighted by Crippen LogP contribution is 2.32. The van der Waals surface area contributed by atoms with Gasteiger partial charge in [-0.25, -0.2) is 0 Å². The normalized spacial score (nSPS) is 17.1. The number of nitrogens with zero attached hydrogens (tertiary/aromatic N) is 1. The summed E-state index contributed by atoms with van der Waals surface area (Å²) >= 11 is 0. The van der Waals surface area contributed by atoms with Gasteiger partial charge >= 0.3 is 0 Å². The molecule has 2 aromatic carbocycles. The van der Waals surface area contributed by atoms with Gasteiger partial charge in [0, 0.05) is 18.7 Å². The van der Waals surface area contributed by atoms with Crippen LogP contribution in [0.25, 0.3) is 0 Å². The molecule has 0 radical (unpaired) electrons. The van der Waals surface area contributed by atoms with E-state index >= 15 is 0 Å². The maximum Gasteiger partial charge on any atom is 0.252 e. The number of piperidine rings is 1. The molecule has 0 bridgehead atoms. The van der Waals surface area contributed by atoms with E-state index in [-0.39, 0.29) is 18.6 Å². The quantitative estimate of drug-likeness (QED) is 0.847. The summed E-state index contributed by atoms with van der Waals surface area (Å²) in [7, 11) is 0. The SMILES string of the molecule is C[C@H](NC(=O)c1ccc2c(c1)OCO2)C(=O)N1CCC(Cc2ccccc2)CC1. The first-order chi connectivity index (χ1) is 14.1. The number of carbonyl (C=O) groups is 2. The molecule has 2 aromatic rings. The number of ether oxygens (including phenoxy) is 2. The summed E-state index contributed by atoms with van der Waals surface area (Å²) in [6, 6.07) is 14.9. The Kier molecular flexibility index (Phi) is 5.69. The average Bonchev–Trinajstić information content (AvgIpc) is 3.22. The van der Waals surface area contributed by atoms with Crippen LogP contribution >= 0.6 is 0 Å². The van der Waals surface area contributed by atoms with Gasteiger partial charge in [0.05, 0.1) is 0 Å². The van der Waals surface area contributed by atoms with Crippen LogP contribution in [0.4, 0.5) is 0 Å². The minimum Gasteiger partial charge on any atom is -0.454 e. The number of hydrogen-bond donors (Lipinski definition) is 1. The van der Waals surface area contributed by atoms with Gasteiger partial charge in [-0.2, -0.15) is 0 Å². The zero-order chi connectivity index (χ0) is 20.2. The van der Waals surface area contributed by atoms with Gasteiger partial charge in [0.15, 0.2) is 11.5 Å². The Morgan fingerprint density at radius 3 is 2.55 bits per heavy atom. The summed E-state index contributed by atoms with van der Waals surface area (Å²) in [6.07, 6.45) is 3.03. The smallest absolute Gasteiger partial charge is 0.252 e. The van der Waals surface area contributed by atoms with E-state index in [1.54, 1.807) is 25.1 Å². The number of benzene rings is 2. The largest absolute Gasteiger partial charge is 0.454 e. The Balaban J connectivity index is 1.28. The molecule has 6 heteroatoms. The van der Waals surface area contributed by atoms with Crippen LogP contribution < -0.4 is 14.8 Å². The molecular weight excluding hydrogens is 368 g/mol. The second-order valence-electron chi connectivity index (χ2n) is 7.72. The molecule has 4 rings (SSSR count). The van der Waals surface area contributed by atoms with Crippen LogP contribution in [0.3, 0.4) is 0 Å². The first kappa shape index (κ1) is 19.3. The van der Waals surface area contributed by atoms with E-state index in [2.05, 4.69) is 29.6 Å². The molecule has 2 aliphatic rings. The molecule has 0 aromatic heterocycles. The first-order valence-electron chi connectivity index (χ1n) is 10.1. The van der Waals surface area contributed by atoms with Crippen molar-refractivity contribution in [2.45, 2.75) is 32.2 Å². The molecule has 2 amide bonds. The summed E-state index contributed by atoms with van der Waals surface area (Å²) in [6.45, 7) is 3.37. The lowest BCUT2D eigenvalue weighted by atomic mass is 9.90. The number of carbonyl (C=O) groups excluding carboxylic acids is 2. The monoisotopic (exact) mass is 394 g/mol. The molecule has 2 aliphatic heterocycles. The molecule has 1 saturated heterocycles. The highest BCUT2D eigenvalue weighted by atomic mass is 16.7. The van der Waals surface area contributed by atoms with Gasteiger partial charge in [-0.1, -0.05) is 30.3 Å². The Morgan fingerprint density at radius 1 is 1.07 bits per heavy atom. The number of hydrogen-bond acceptors (Lipinski definition) is 4. The van der Waals surface area contributed by atoms with Crippen LogP contribution in [-0.2, 0) is 11.2 Å².